The molecule has 3 aromatic carbocycles. The Kier molecular flexibility index (Phi) is 6.06. The lowest BCUT2D eigenvalue weighted by atomic mass is 10.1. The van der Waals surface area contributed by atoms with E-state index in [1.54, 1.807) is 6.33 Å². The van der Waals surface area contributed by atoms with Gasteiger partial charge in [0.25, 0.3) is 0 Å². The van der Waals surface area contributed by atoms with E-state index in [-0.39, 0.29) is 11.9 Å². The Morgan fingerprint density at radius 3 is 2.76 bits per heavy atom. The molecule has 0 saturated carbocycles. The van der Waals surface area contributed by atoms with Crippen LogP contribution in [0.4, 0.5) is 11.5 Å². The van der Waals surface area contributed by atoms with E-state index < -0.39 is 0 Å². The van der Waals surface area contributed by atoms with Crippen molar-refractivity contribution in [3.8, 4) is 23.3 Å². The Hall–Kier alpha value is -4.41. The first-order valence-electron chi connectivity index (χ1n) is 11.0. The van der Waals surface area contributed by atoms with Crippen LogP contribution in [0.25, 0.3) is 10.9 Å². The average molecular weight is 450 g/mol. The van der Waals surface area contributed by atoms with E-state index in [1.807, 2.05) is 73.7 Å². The fourth-order valence-corrected chi connectivity index (χ4v) is 3.71. The van der Waals surface area contributed by atoms with Gasteiger partial charge in [-0.05, 0) is 61.0 Å². The van der Waals surface area contributed by atoms with E-state index in [2.05, 4.69) is 37.8 Å². The highest BCUT2D eigenvalue weighted by molar-refractivity contribution is 5.91. The monoisotopic (exact) mass is 449 g/mol. The number of piperazine rings is 1. The summed E-state index contributed by atoms with van der Waals surface area (Å²) in [5.41, 5.74) is 3.54. The van der Waals surface area contributed by atoms with Crippen LogP contribution in [0.15, 0.2) is 73.1 Å². The molecule has 0 spiro atoms. The molecule has 0 bridgehead atoms. The molecule has 1 aromatic heterocycles. The number of hydrogen-bond donors (Lipinski definition) is 3. The summed E-state index contributed by atoms with van der Waals surface area (Å²) in [6.45, 7) is 2.97. The fraction of sp³-hybridized carbons (Fsp3) is 0.148. The molecular weight excluding hydrogens is 426 g/mol. The first kappa shape index (κ1) is 21.4. The van der Waals surface area contributed by atoms with Gasteiger partial charge in [-0.2, -0.15) is 0 Å². The van der Waals surface area contributed by atoms with E-state index in [0.29, 0.717) is 18.9 Å². The summed E-state index contributed by atoms with van der Waals surface area (Å²) in [4.78, 5) is 20.4. The summed E-state index contributed by atoms with van der Waals surface area (Å²) in [7, 11) is 0. The standard InChI is InChI=1S/C27H23N5O2/c1-18-13-20(10-12-25(18)34-22-5-3-2-4-6-22)32-27-23-14-19(8-11-24(23)29-17-30-27)7-9-21-15-28-16-26(33)31-21/h2-6,8,10-14,17,21,28H,15-16H2,1H3,(H,31,33)(H,29,30,32). The summed E-state index contributed by atoms with van der Waals surface area (Å²) < 4.78 is 5.98. The molecule has 1 fully saturated rings. The SMILES string of the molecule is Cc1cc(Nc2ncnc3ccc(C#CC4CNCC(=O)N4)cc23)ccc1Oc1ccccc1. The number of fused-ring (bicyclic) bond motifs is 1. The molecule has 1 aliphatic rings. The summed E-state index contributed by atoms with van der Waals surface area (Å²) in [6, 6.07) is 21.2. The Bertz CT molecular complexity index is 1410. The van der Waals surface area contributed by atoms with Gasteiger partial charge >= 0.3 is 0 Å². The first-order chi connectivity index (χ1) is 16.6. The van der Waals surface area contributed by atoms with Crippen LogP contribution in [0.3, 0.4) is 0 Å². The Morgan fingerprint density at radius 2 is 1.94 bits per heavy atom. The number of aromatic nitrogens is 2. The van der Waals surface area contributed by atoms with Crippen molar-refractivity contribution in [2.24, 2.45) is 0 Å². The predicted octanol–water partition coefficient (Wildman–Crippen LogP) is 3.91. The predicted molar refractivity (Wildman–Crippen MR) is 132 cm³/mol. The quantitative estimate of drug-likeness (QED) is 0.410. The first-order valence-corrected chi connectivity index (χ1v) is 11.0. The molecule has 1 unspecified atom stereocenters. The van der Waals surface area contributed by atoms with Crippen molar-refractivity contribution in [2.75, 3.05) is 18.4 Å². The molecule has 1 aliphatic heterocycles. The summed E-state index contributed by atoms with van der Waals surface area (Å²) in [5.74, 6) is 8.51. The molecule has 7 nitrogen and oxygen atoms in total. The number of nitrogens with zero attached hydrogens (tertiary/aromatic N) is 2. The van der Waals surface area contributed by atoms with Gasteiger partial charge in [0.1, 0.15) is 29.7 Å². The minimum Gasteiger partial charge on any atom is -0.457 e. The number of rotatable bonds is 4. The van der Waals surface area contributed by atoms with Crippen molar-refractivity contribution in [1.29, 1.82) is 0 Å². The molecule has 34 heavy (non-hydrogen) atoms. The molecule has 1 atom stereocenters. The van der Waals surface area contributed by atoms with Gasteiger partial charge in [0, 0.05) is 23.2 Å². The van der Waals surface area contributed by atoms with E-state index >= 15 is 0 Å². The molecule has 2 heterocycles. The van der Waals surface area contributed by atoms with Crippen LogP contribution in [0.1, 0.15) is 11.1 Å². The van der Waals surface area contributed by atoms with Crippen LogP contribution in [0.5, 0.6) is 11.5 Å². The highest BCUT2D eigenvalue weighted by Gasteiger charge is 2.14. The smallest absolute Gasteiger partial charge is 0.234 e. The number of benzene rings is 3. The lowest BCUT2D eigenvalue weighted by molar-refractivity contribution is -0.121. The van der Waals surface area contributed by atoms with Crippen molar-refractivity contribution in [3.05, 3.63) is 84.2 Å². The maximum absolute atomic E-state index is 11.5. The number of aryl methyl sites for hydroxylation is 1. The van der Waals surface area contributed by atoms with Crippen molar-refractivity contribution in [3.63, 3.8) is 0 Å². The van der Waals surface area contributed by atoms with Gasteiger partial charge in [-0.3, -0.25) is 4.79 Å². The zero-order valence-electron chi connectivity index (χ0n) is 18.6. The fourth-order valence-electron chi connectivity index (χ4n) is 3.71. The van der Waals surface area contributed by atoms with E-state index in [9.17, 15) is 4.79 Å². The number of nitrogens with one attached hydrogen (secondary N) is 3. The normalized spacial score (nSPS) is 15.2. The minimum atomic E-state index is -0.207. The lowest BCUT2D eigenvalue weighted by Gasteiger charge is -2.19. The van der Waals surface area contributed by atoms with Crippen LogP contribution in [0.2, 0.25) is 0 Å². The van der Waals surface area contributed by atoms with Crippen molar-refractivity contribution >= 4 is 28.3 Å². The number of para-hydroxylation sites is 1. The van der Waals surface area contributed by atoms with Crippen molar-refractivity contribution in [1.82, 2.24) is 20.6 Å². The van der Waals surface area contributed by atoms with Crippen LogP contribution < -0.4 is 20.7 Å². The number of carbonyl (C=O) groups is 1. The third-order valence-electron chi connectivity index (χ3n) is 5.40. The summed E-state index contributed by atoms with van der Waals surface area (Å²) in [6.07, 6.45) is 1.54. The highest BCUT2D eigenvalue weighted by Crippen LogP contribution is 2.29. The zero-order valence-corrected chi connectivity index (χ0v) is 18.6. The molecule has 1 saturated heterocycles. The molecule has 168 valence electrons. The topological polar surface area (TPSA) is 88.2 Å². The number of carbonyl (C=O) groups excluding carboxylic acids is 1. The number of ether oxygens (including phenoxy) is 1. The van der Waals surface area contributed by atoms with E-state index in [1.165, 1.54) is 0 Å². The van der Waals surface area contributed by atoms with Gasteiger partial charge in [0.05, 0.1) is 12.1 Å². The number of anilines is 2. The second-order valence-electron chi connectivity index (χ2n) is 7.99. The largest absolute Gasteiger partial charge is 0.457 e. The van der Waals surface area contributed by atoms with Gasteiger partial charge in [-0.15, -0.1) is 0 Å². The molecule has 1 amide bonds. The van der Waals surface area contributed by atoms with E-state index in [0.717, 1.165) is 39.2 Å². The van der Waals surface area contributed by atoms with Crippen LogP contribution in [-0.4, -0.2) is 35.0 Å². The van der Waals surface area contributed by atoms with Gasteiger partial charge in [-0.25, -0.2) is 9.97 Å². The minimum absolute atomic E-state index is 0.0422. The van der Waals surface area contributed by atoms with Crippen molar-refractivity contribution < 1.29 is 9.53 Å². The average Bonchev–Trinajstić information content (AvgIpc) is 2.85. The molecule has 7 heteroatoms. The summed E-state index contributed by atoms with van der Waals surface area (Å²) >= 11 is 0. The molecule has 0 aliphatic carbocycles. The Balaban J connectivity index is 1.38. The Labute approximate surface area is 197 Å². The molecule has 5 rings (SSSR count). The second-order valence-corrected chi connectivity index (χ2v) is 7.99. The third kappa shape index (κ3) is 4.98. The molecule has 0 radical (unpaired) electrons. The zero-order chi connectivity index (χ0) is 23.3. The maximum atomic E-state index is 11.5. The second kappa shape index (κ2) is 9.61. The maximum Gasteiger partial charge on any atom is 0.234 e. The van der Waals surface area contributed by atoms with Crippen molar-refractivity contribution in [2.45, 2.75) is 13.0 Å². The molecule has 3 N–H and O–H groups in total. The number of hydrogen-bond acceptors (Lipinski definition) is 6. The summed E-state index contributed by atoms with van der Waals surface area (Å²) in [5, 5.41) is 10.2. The third-order valence-corrected chi connectivity index (χ3v) is 5.40. The van der Waals surface area contributed by atoms with Gasteiger partial charge in [0.15, 0.2) is 0 Å². The van der Waals surface area contributed by atoms with Gasteiger partial charge in [0.2, 0.25) is 5.91 Å². The van der Waals surface area contributed by atoms with Gasteiger partial charge < -0.3 is 20.7 Å². The Morgan fingerprint density at radius 1 is 1.06 bits per heavy atom. The molecule has 4 aromatic rings. The highest BCUT2D eigenvalue weighted by atomic mass is 16.5. The van der Waals surface area contributed by atoms with Crippen LogP contribution in [-0.2, 0) is 4.79 Å². The lowest BCUT2D eigenvalue weighted by Crippen LogP contribution is -2.51. The van der Waals surface area contributed by atoms with Gasteiger partial charge in [-0.1, -0.05) is 30.0 Å². The van der Waals surface area contributed by atoms with Crippen LogP contribution in [0, 0.1) is 18.8 Å². The molecular formula is C27H23N5O2. The number of amides is 1. The van der Waals surface area contributed by atoms with E-state index in [4.69, 9.17) is 4.74 Å². The van der Waals surface area contributed by atoms with Crippen LogP contribution >= 0.6 is 0 Å².